The van der Waals surface area contributed by atoms with Crippen LogP contribution in [-0.4, -0.2) is 38.2 Å². The first-order valence-corrected chi connectivity index (χ1v) is 6.43. The number of hydrogen-bond donors (Lipinski definition) is 2. The minimum Gasteiger partial charge on any atom is -0.495 e. The van der Waals surface area contributed by atoms with Crippen LogP contribution in [0.15, 0.2) is 18.2 Å². The third kappa shape index (κ3) is 2.25. The summed E-state index contributed by atoms with van der Waals surface area (Å²) in [6.07, 6.45) is 3.81. The molecule has 0 aromatic heterocycles. The molecule has 1 aliphatic carbocycles. The molecule has 3 N–H and O–H groups in total. The summed E-state index contributed by atoms with van der Waals surface area (Å²) >= 11 is 0. The maximum Gasteiger partial charge on any atom is 0.143 e. The number of nitrogens with two attached hydrogens (primary N) is 1. The molecule has 2 rings (SSSR count). The van der Waals surface area contributed by atoms with Crippen molar-refractivity contribution in [1.29, 1.82) is 0 Å². The standard InChI is InChI=1S/C14H23N3O/c1-17(2)14(8-5-9-14)10-16-11-6-4-7-12(18-3)13(11)15/h4,6-7,16H,5,8-10,15H2,1-3H3. The largest absolute Gasteiger partial charge is 0.495 e. The molecule has 0 aliphatic heterocycles. The van der Waals surface area contributed by atoms with Crippen LogP contribution in [0, 0.1) is 0 Å². The molecule has 0 unspecified atom stereocenters. The van der Waals surface area contributed by atoms with Gasteiger partial charge < -0.3 is 20.7 Å². The molecule has 18 heavy (non-hydrogen) atoms. The van der Waals surface area contributed by atoms with E-state index in [0.29, 0.717) is 5.69 Å². The van der Waals surface area contributed by atoms with Crippen LogP contribution in [0.2, 0.25) is 0 Å². The van der Waals surface area contributed by atoms with Gasteiger partial charge >= 0.3 is 0 Å². The van der Waals surface area contributed by atoms with Crippen molar-refractivity contribution in [3.05, 3.63) is 18.2 Å². The quantitative estimate of drug-likeness (QED) is 0.785. The minimum atomic E-state index is 0.287. The van der Waals surface area contributed by atoms with Crippen molar-refractivity contribution in [3.63, 3.8) is 0 Å². The maximum atomic E-state index is 6.06. The lowest BCUT2D eigenvalue weighted by Gasteiger charge is -2.47. The zero-order chi connectivity index (χ0) is 13.2. The van der Waals surface area contributed by atoms with E-state index >= 15 is 0 Å². The number of hydrogen-bond acceptors (Lipinski definition) is 4. The van der Waals surface area contributed by atoms with Crippen molar-refractivity contribution in [2.24, 2.45) is 0 Å². The molecular formula is C14H23N3O. The summed E-state index contributed by atoms with van der Waals surface area (Å²) < 4.78 is 5.23. The van der Waals surface area contributed by atoms with Gasteiger partial charge in [-0.25, -0.2) is 0 Å². The lowest BCUT2D eigenvalue weighted by atomic mass is 9.75. The number of nitrogen functional groups attached to an aromatic ring is 1. The highest BCUT2D eigenvalue weighted by Crippen LogP contribution is 2.37. The monoisotopic (exact) mass is 249 g/mol. The van der Waals surface area contributed by atoms with Crippen molar-refractivity contribution in [2.75, 3.05) is 38.8 Å². The third-order valence-corrected chi connectivity index (χ3v) is 4.13. The van der Waals surface area contributed by atoms with Gasteiger partial charge in [0.2, 0.25) is 0 Å². The zero-order valence-electron chi connectivity index (χ0n) is 11.5. The van der Waals surface area contributed by atoms with E-state index in [1.807, 2.05) is 18.2 Å². The number of methoxy groups -OCH3 is 1. The van der Waals surface area contributed by atoms with Gasteiger partial charge in [-0.3, -0.25) is 0 Å². The predicted molar refractivity (Wildman–Crippen MR) is 76.2 cm³/mol. The van der Waals surface area contributed by atoms with E-state index in [0.717, 1.165) is 18.0 Å². The molecule has 0 bridgehead atoms. The van der Waals surface area contributed by atoms with Crippen LogP contribution in [0.1, 0.15) is 19.3 Å². The summed E-state index contributed by atoms with van der Waals surface area (Å²) in [4.78, 5) is 2.32. The normalized spacial score (nSPS) is 17.3. The summed E-state index contributed by atoms with van der Waals surface area (Å²) in [7, 11) is 5.94. The van der Waals surface area contributed by atoms with Gasteiger partial charge in [0, 0.05) is 12.1 Å². The first kappa shape index (κ1) is 13.0. The highest BCUT2D eigenvalue weighted by atomic mass is 16.5. The van der Waals surface area contributed by atoms with Gasteiger partial charge in [-0.05, 0) is 45.5 Å². The number of anilines is 2. The Labute approximate surface area is 109 Å². The Bertz CT molecular complexity index is 414. The van der Waals surface area contributed by atoms with Crippen molar-refractivity contribution in [1.82, 2.24) is 4.90 Å². The van der Waals surface area contributed by atoms with Gasteiger partial charge in [0.1, 0.15) is 5.75 Å². The van der Waals surface area contributed by atoms with Gasteiger partial charge in [-0.1, -0.05) is 6.07 Å². The van der Waals surface area contributed by atoms with Crippen LogP contribution < -0.4 is 15.8 Å². The number of nitrogens with one attached hydrogen (secondary N) is 1. The second-order valence-electron chi connectivity index (χ2n) is 5.25. The molecule has 1 aliphatic rings. The molecule has 1 aromatic carbocycles. The molecule has 1 fully saturated rings. The molecule has 0 heterocycles. The summed E-state index contributed by atoms with van der Waals surface area (Å²) in [6.45, 7) is 0.928. The average Bonchev–Trinajstić information content (AvgIpc) is 2.29. The van der Waals surface area contributed by atoms with Crippen LogP contribution in [0.25, 0.3) is 0 Å². The van der Waals surface area contributed by atoms with Crippen molar-refractivity contribution < 1.29 is 4.74 Å². The van der Waals surface area contributed by atoms with E-state index < -0.39 is 0 Å². The van der Waals surface area contributed by atoms with Crippen molar-refractivity contribution in [3.8, 4) is 5.75 Å². The van der Waals surface area contributed by atoms with E-state index in [1.165, 1.54) is 19.3 Å². The summed E-state index contributed by atoms with van der Waals surface area (Å²) in [6, 6.07) is 5.84. The molecule has 1 saturated carbocycles. The Morgan fingerprint density at radius 1 is 1.39 bits per heavy atom. The first-order valence-electron chi connectivity index (χ1n) is 6.43. The van der Waals surface area contributed by atoms with E-state index in [2.05, 4.69) is 24.3 Å². The van der Waals surface area contributed by atoms with E-state index in [-0.39, 0.29) is 5.54 Å². The minimum absolute atomic E-state index is 0.287. The Morgan fingerprint density at radius 2 is 2.11 bits per heavy atom. The highest BCUT2D eigenvalue weighted by molar-refractivity contribution is 5.73. The van der Waals surface area contributed by atoms with Crippen LogP contribution in [0.4, 0.5) is 11.4 Å². The summed E-state index contributed by atoms with van der Waals surface area (Å²) in [5.74, 6) is 0.729. The second kappa shape index (κ2) is 5.06. The molecule has 0 amide bonds. The van der Waals surface area contributed by atoms with E-state index in [1.54, 1.807) is 7.11 Å². The number of rotatable bonds is 5. The Morgan fingerprint density at radius 3 is 2.61 bits per heavy atom. The molecular weight excluding hydrogens is 226 g/mol. The smallest absolute Gasteiger partial charge is 0.143 e. The number of benzene rings is 1. The Kier molecular flexibility index (Phi) is 3.66. The first-order chi connectivity index (χ1) is 8.59. The lowest BCUT2D eigenvalue weighted by Crippen LogP contribution is -2.54. The fourth-order valence-electron chi connectivity index (χ4n) is 2.50. The molecule has 0 saturated heterocycles. The van der Waals surface area contributed by atoms with Crippen LogP contribution in [0.5, 0.6) is 5.75 Å². The van der Waals surface area contributed by atoms with Crippen LogP contribution >= 0.6 is 0 Å². The molecule has 0 radical (unpaired) electrons. The van der Waals surface area contributed by atoms with Crippen LogP contribution in [-0.2, 0) is 0 Å². The molecule has 4 nitrogen and oxygen atoms in total. The molecule has 0 spiro atoms. The molecule has 0 atom stereocenters. The van der Waals surface area contributed by atoms with E-state index in [4.69, 9.17) is 10.5 Å². The van der Waals surface area contributed by atoms with Gasteiger partial charge in [0.15, 0.2) is 0 Å². The molecule has 4 heteroatoms. The Hall–Kier alpha value is -1.42. The number of ether oxygens (including phenoxy) is 1. The van der Waals surface area contributed by atoms with Gasteiger partial charge in [-0.15, -0.1) is 0 Å². The number of likely N-dealkylation sites (N-methyl/N-ethyl adjacent to an activating group) is 1. The van der Waals surface area contributed by atoms with Gasteiger partial charge in [-0.2, -0.15) is 0 Å². The van der Waals surface area contributed by atoms with Gasteiger partial charge in [0.05, 0.1) is 18.5 Å². The lowest BCUT2D eigenvalue weighted by molar-refractivity contribution is 0.0739. The molecule has 100 valence electrons. The van der Waals surface area contributed by atoms with Crippen molar-refractivity contribution in [2.45, 2.75) is 24.8 Å². The van der Waals surface area contributed by atoms with Crippen molar-refractivity contribution >= 4 is 11.4 Å². The third-order valence-electron chi connectivity index (χ3n) is 4.13. The fraction of sp³-hybridized carbons (Fsp3) is 0.571. The van der Waals surface area contributed by atoms with Gasteiger partial charge in [0.25, 0.3) is 0 Å². The maximum absolute atomic E-state index is 6.06. The number of para-hydroxylation sites is 1. The fourth-order valence-corrected chi connectivity index (χ4v) is 2.50. The molecule has 1 aromatic rings. The topological polar surface area (TPSA) is 50.5 Å². The number of nitrogens with zero attached hydrogens (tertiary/aromatic N) is 1. The second-order valence-corrected chi connectivity index (χ2v) is 5.25. The van der Waals surface area contributed by atoms with E-state index in [9.17, 15) is 0 Å². The SMILES string of the molecule is COc1cccc(NCC2(N(C)C)CCC2)c1N. The Balaban J connectivity index is 2.06. The average molecular weight is 249 g/mol. The van der Waals surface area contributed by atoms with Crippen LogP contribution in [0.3, 0.4) is 0 Å². The zero-order valence-corrected chi connectivity index (χ0v) is 11.5. The summed E-state index contributed by atoms with van der Waals surface area (Å²) in [5, 5.41) is 3.47. The summed E-state index contributed by atoms with van der Waals surface area (Å²) in [5.41, 5.74) is 7.99. The highest BCUT2D eigenvalue weighted by Gasteiger charge is 2.38. The predicted octanol–water partition coefficient (Wildman–Crippen LogP) is 2.17.